The van der Waals surface area contributed by atoms with Gasteiger partial charge in [-0.2, -0.15) is 14.9 Å². The van der Waals surface area contributed by atoms with E-state index in [2.05, 4.69) is 48.2 Å². The van der Waals surface area contributed by atoms with Gasteiger partial charge in [-0.15, -0.1) is 5.10 Å². The first-order chi connectivity index (χ1) is 18.3. The Hall–Kier alpha value is -5.07. The molecule has 0 amide bonds. The summed E-state index contributed by atoms with van der Waals surface area (Å²) in [5.41, 5.74) is 2.24. The summed E-state index contributed by atoms with van der Waals surface area (Å²) in [6, 6.07) is 15.6. The number of anilines is 3. The first-order valence-corrected chi connectivity index (χ1v) is 11.5. The van der Waals surface area contributed by atoms with E-state index in [1.165, 1.54) is 6.20 Å². The molecular weight excluding hydrogens is 511 g/mol. The topological polar surface area (TPSA) is 139 Å². The van der Waals surface area contributed by atoms with Crippen LogP contribution in [-0.4, -0.2) is 33.2 Å². The number of hydrogen-bond donors (Lipinski definition) is 3. The lowest BCUT2D eigenvalue weighted by atomic mass is 9.69. The van der Waals surface area contributed by atoms with Gasteiger partial charge in [0.25, 0.3) is 0 Å². The van der Waals surface area contributed by atoms with Gasteiger partial charge < -0.3 is 10.6 Å². The van der Waals surface area contributed by atoms with Crippen molar-refractivity contribution in [3.8, 4) is 12.1 Å². The Bertz CT molecular complexity index is 1770. The Morgan fingerprint density at radius 3 is 2.58 bits per heavy atom. The van der Waals surface area contributed by atoms with Gasteiger partial charge in [-0.1, -0.05) is 28.9 Å². The van der Waals surface area contributed by atoms with Crippen molar-refractivity contribution in [1.29, 1.82) is 10.5 Å². The number of H-pyrrole nitrogens is 1. The van der Waals surface area contributed by atoms with Crippen molar-refractivity contribution in [2.75, 3.05) is 10.6 Å². The maximum absolute atomic E-state index is 13.8. The molecule has 0 saturated carbocycles. The molecule has 2 aromatic carbocycles. The Labute approximate surface area is 220 Å². The minimum atomic E-state index is -1.24. The van der Waals surface area contributed by atoms with Crippen LogP contribution in [0.4, 0.5) is 25.8 Å². The lowest BCUT2D eigenvalue weighted by Crippen LogP contribution is -2.37. The highest BCUT2D eigenvalue weighted by molar-refractivity contribution is 6.36. The molecule has 0 aliphatic rings. The van der Waals surface area contributed by atoms with Crippen LogP contribution in [0.2, 0.25) is 5.02 Å². The number of hydrogen-bond acceptors (Lipinski definition) is 8. The molecule has 1 atom stereocenters. The van der Waals surface area contributed by atoms with Crippen molar-refractivity contribution in [3.63, 3.8) is 0 Å². The van der Waals surface area contributed by atoms with Gasteiger partial charge in [0, 0.05) is 29.5 Å². The fraction of sp³-hybridized carbons (Fsp3) is 0.0400. The summed E-state index contributed by atoms with van der Waals surface area (Å²) in [4.78, 5) is 7.71. The van der Waals surface area contributed by atoms with Gasteiger partial charge in [-0.25, -0.2) is 9.37 Å². The summed E-state index contributed by atoms with van der Waals surface area (Å²) >= 11 is 6.61. The van der Waals surface area contributed by atoms with Gasteiger partial charge in [-0.05, 0) is 29.8 Å². The van der Waals surface area contributed by atoms with E-state index in [1.807, 2.05) is 13.9 Å². The molecule has 9 nitrogen and oxygen atoms in total. The van der Waals surface area contributed by atoms with Crippen LogP contribution < -0.4 is 10.6 Å². The molecule has 38 heavy (non-hydrogen) atoms. The third-order valence-electron chi connectivity index (χ3n) is 6.00. The van der Waals surface area contributed by atoms with Crippen LogP contribution >= 0.6 is 11.6 Å². The third-order valence-corrected chi connectivity index (χ3v) is 6.29. The first-order valence-electron chi connectivity index (χ1n) is 11.1. The summed E-state index contributed by atoms with van der Waals surface area (Å²) in [5, 5.41) is 37.0. The normalized spacial score (nSPS) is 12.3. The number of aromatic amines is 1. The van der Waals surface area contributed by atoms with Crippen molar-refractivity contribution in [1.82, 2.24) is 25.4 Å². The molecule has 0 spiro atoms. The second-order valence-electron chi connectivity index (χ2n) is 8.44. The Kier molecular flexibility index (Phi) is 6.33. The molecule has 0 bridgehead atoms. The maximum atomic E-state index is 13.8. The van der Waals surface area contributed by atoms with Crippen LogP contribution in [-0.2, 0) is 5.44 Å². The number of halogens is 3. The largest absolute Gasteiger partial charge is 0.378 e. The van der Waals surface area contributed by atoms with Crippen LogP contribution in [0.5, 0.6) is 0 Å². The van der Waals surface area contributed by atoms with E-state index < -0.39 is 17.2 Å². The van der Waals surface area contributed by atoms with Crippen LogP contribution in [0.25, 0.3) is 10.9 Å². The molecule has 1 unspecified atom stereocenters. The highest BCUT2D eigenvalue weighted by Crippen LogP contribution is 2.37. The smallest absolute Gasteiger partial charge is 0.249 e. The predicted molar refractivity (Wildman–Crippen MR) is 139 cm³/mol. The number of aromatic nitrogens is 5. The highest BCUT2D eigenvalue weighted by atomic mass is 35.5. The molecular formula is C25H15BClF2N9. The Balaban J connectivity index is 1.66. The van der Waals surface area contributed by atoms with E-state index in [-0.39, 0.29) is 22.0 Å². The molecule has 0 radical (unpaired) electrons. The molecule has 0 saturated heterocycles. The molecule has 5 aromatic rings. The van der Waals surface area contributed by atoms with Gasteiger partial charge in [0.15, 0.2) is 5.82 Å². The summed E-state index contributed by atoms with van der Waals surface area (Å²) in [7, 11) is 1.87. The van der Waals surface area contributed by atoms with Gasteiger partial charge in [0.1, 0.15) is 19.6 Å². The van der Waals surface area contributed by atoms with E-state index in [1.54, 1.807) is 36.5 Å². The zero-order valence-electron chi connectivity index (χ0n) is 19.6. The zero-order chi connectivity index (χ0) is 26.9. The molecule has 3 aromatic heterocycles. The summed E-state index contributed by atoms with van der Waals surface area (Å²) in [6.07, 6.45) is 4.08. The Morgan fingerprint density at radius 2 is 1.87 bits per heavy atom. The molecule has 5 rings (SSSR count). The number of nitriles is 2. The van der Waals surface area contributed by atoms with E-state index in [9.17, 15) is 19.3 Å². The standard InChI is InChI=1S/C25H15BClF2N9/c26-25(21-12-34-38-37-21,15-3-1-2-13(4-15)8-30)36-16-5-18-22(35-17-7-20(28)24(29)33-11-17)14(9-31)10-32-23(18)19(27)6-16/h1-7,10-12,36H,26H2,(H,32,35)(H,34,37,38). The fourth-order valence-corrected chi connectivity index (χ4v) is 4.37. The molecule has 0 aliphatic carbocycles. The van der Waals surface area contributed by atoms with Crippen LogP contribution in [0.3, 0.4) is 0 Å². The number of fused-ring (bicyclic) bond motifs is 1. The molecule has 0 fully saturated rings. The maximum Gasteiger partial charge on any atom is 0.249 e. The van der Waals surface area contributed by atoms with Crippen LogP contribution in [0.15, 0.2) is 61.1 Å². The Morgan fingerprint density at radius 1 is 1.03 bits per heavy atom. The van der Waals surface area contributed by atoms with E-state index in [0.29, 0.717) is 27.8 Å². The monoisotopic (exact) mass is 525 g/mol. The minimum Gasteiger partial charge on any atom is -0.378 e. The number of rotatable bonds is 6. The lowest BCUT2D eigenvalue weighted by Gasteiger charge is -2.31. The highest BCUT2D eigenvalue weighted by Gasteiger charge is 2.32. The second kappa shape index (κ2) is 9.77. The predicted octanol–water partition coefficient (Wildman–Crippen LogP) is 4.11. The number of nitrogens with zero attached hydrogens (tertiary/aromatic N) is 6. The van der Waals surface area contributed by atoms with Gasteiger partial charge in [-0.3, -0.25) is 10.1 Å². The molecule has 0 aliphatic heterocycles. The van der Waals surface area contributed by atoms with Crippen molar-refractivity contribution >= 4 is 47.4 Å². The molecule has 3 heterocycles. The van der Waals surface area contributed by atoms with Crippen molar-refractivity contribution in [3.05, 3.63) is 100 Å². The lowest BCUT2D eigenvalue weighted by molar-refractivity contribution is 0.480. The average molecular weight is 526 g/mol. The van der Waals surface area contributed by atoms with Gasteiger partial charge in [0.2, 0.25) is 5.95 Å². The van der Waals surface area contributed by atoms with E-state index in [0.717, 1.165) is 17.8 Å². The number of nitrogens with one attached hydrogen (secondary N) is 3. The fourth-order valence-electron chi connectivity index (χ4n) is 4.10. The molecule has 13 heteroatoms. The van der Waals surface area contributed by atoms with Crippen molar-refractivity contribution in [2.24, 2.45) is 0 Å². The van der Waals surface area contributed by atoms with Gasteiger partial charge in [0.05, 0.1) is 50.7 Å². The van der Waals surface area contributed by atoms with Crippen LogP contribution in [0.1, 0.15) is 22.4 Å². The van der Waals surface area contributed by atoms with E-state index in [4.69, 9.17) is 11.6 Å². The third kappa shape index (κ3) is 4.45. The summed E-state index contributed by atoms with van der Waals surface area (Å²) < 4.78 is 27.2. The summed E-state index contributed by atoms with van der Waals surface area (Å²) in [6.45, 7) is 0. The SMILES string of the molecule is BC(Nc1cc(Cl)c2ncc(C#N)c(Nc3cnc(F)c(F)c3)c2c1)(c1cccc(C#N)c1)c1c[nH]nn1. The summed E-state index contributed by atoms with van der Waals surface area (Å²) in [5.74, 6) is -2.38. The van der Waals surface area contributed by atoms with Crippen molar-refractivity contribution < 1.29 is 8.78 Å². The number of pyridine rings is 2. The van der Waals surface area contributed by atoms with Gasteiger partial charge >= 0.3 is 0 Å². The van der Waals surface area contributed by atoms with Crippen LogP contribution in [0, 0.1) is 34.4 Å². The first kappa shape index (κ1) is 24.6. The zero-order valence-corrected chi connectivity index (χ0v) is 20.3. The van der Waals surface area contributed by atoms with Crippen molar-refractivity contribution in [2.45, 2.75) is 5.44 Å². The van der Waals surface area contributed by atoms with E-state index >= 15 is 0 Å². The quantitative estimate of drug-likeness (QED) is 0.222. The second-order valence-corrected chi connectivity index (χ2v) is 8.84. The number of benzene rings is 2. The average Bonchev–Trinajstić information content (AvgIpc) is 3.47. The molecule has 184 valence electrons. The molecule has 3 N–H and O–H groups in total. The minimum absolute atomic E-state index is 0.128.